The van der Waals surface area contributed by atoms with E-state index in [-0.39, 0.29) is 5.75 Å². The van der Waals surface area contributed by atoms with Gasteiger partial charge in [0, 0.05) is 10.0 Å². The van der Waals surface area contributed by atoms with Crippen molar-refractivity contribution in [2.24, 2.45) is 0 Å². The van der Waals surface area contributed by atoms with E-state index in [9.17, 15) is 9.59 Å². The lowest BCUT2D eigenvalue weighted by atomic mass is 10.2. The van der Waals surface area contributed by atoms with Gasteiger partial charge in [0.05, 0.1) is 17.1 Å². The summed E-state index contributed by atoms with van der Waals surface area (Å²) in [6.45, 7) is 0. The minimum atomic E-state index is -0.519. The number of carbonyl (C=O) groups is 2. The van der Waals surface area contributed by atoms with Crippen LogP contribution in [0.25, 0.3) is 0 Å². The fourth-order valence-electron chi connectivity index (χ4n) is 1.67. The maximum absolute atomic E-state index is 12.2. The molecular weight excluding hydrogens is 404 g/mol. The molecule has 0 unspecified atom stereocenters. The number of rotatable bonds is 4. The quantitative estimate of drug-likeness (QED) is 0.427. The van der Waals surface area contributed by atoms with E-state index in [1.54, 1.807) is 24.3 Å². The number of benzene rings is 2. The topological polar surface area (TPSA) is 52.6 Å². The molecule has 0 saturated heterocycles. The average Bonchev–Trinajstić information content (AvgIpc) is 2.48. The van der Waals surface area contributed by atoms with E-state index >= 15 is 0 Å². The first-order chi connectivity index (χ1) is 10.0. The summed E-state index contributed by atoms with van der Waals surface area (Å²) < 4.78 is 11.8. The Labute approximate surface area is 138 Å². The molecule has 0 aliphatic rings. The predicted molar refractivity (Wildman–Crippen MR) is 85.2 cm³/mol. The van der Waals surface area contributed by atoms with Gasteiger partial charge in [-0.25, -0.2) is 4.79 Å². The monoisotopic (exact) mass is 412 g/mol. The van der Waals surface area contributed by atoms with Gasteiger partial charge < -0.3 is 9.47 Å². The molecule has 0 bridgehead atoms. The van der Waals surface area contributed by atoms with Crippen LogP contribution in [0, 0.1) is 0 Å². The lowest BCUT2D eigenvalue weighted by molar-refractivity contribution is 0.0728. The molecule has 0 amide bonds. The first kappa shape index (κ1) is 15.7. The number of hydrogen-bond acceptors (Lipinski definition) is 4. The van der Waals surface area contributed by atoms with Gasteiger partial charge in [0.2, 0.25) is 0 Å². The maximum atomic E-state index is 12.2. The molecule has 0 spiro atoms. The highest BCUT2D eigenvalue weighted by molar-refractivity contribution is 9.10. The van der Waals surface area contributed by atoms with Crippen molar-refractivity contribution in [1.82, 2.24) is 0 Å². The van der Waals surface area contributed by atoms with E-state index in [0.717, 1.165) is 4.47 Å². The molecule has 0 aromatic heterocycles. The molecule has 6 heteroatoms. The summed E-state index contributed by atoms with van der Waals surface area (Å²) in [6.07, 6.45) is 0.688. The highest BCUT2D eigenvalue weighted by atomic mass is 79.9. The molecule has 2 aromatic carbocycles. The standard InChI is InChI=1S/C15H10Br2O4/c1-20-13-6-9(8-18)5-12(17)14(13)21-15(19)10-3-2-4-11(16)7-10/h2-8H,1H3. The second-order valence-electron chi connectivity index (χ2n) is 4.05. The van der Waals surface area contributed by atoms with E-state index in [0.29, 0.717) is 27.6 Å². The Kier molecular flexibility index (Phi) is 5.14. The minimum absolute atomic E-state index is 0.230. The Morgan fingerprint density at radius 3 is 2.57 bits per heavy atom. The van der Waals surface area contributed by atoms with E-state index in [1.165, 1.54) is 13.2 Å². The molecule has 0 radical (unpaired) electrons. The number of hydrogen-bond donors (Lipinski definition) is 0. The fraction of sp³-hybridized carbons (Fsp3) is 0.0667. The Hall–Kier alpha value is -1.66. The second kappa shape index (κ2) is 6.87. The highest BCUT2D eigenvalue weighted by Crippen LogP contribution is 2.36. The molecular formula is C15H10Br2O4. The summed E-state index contributed by atoms with van der Waals surface area (Å²) in [5.74, 6) is 0.0112. The van der Waals surface area contributed by atoms with E-state index in [4.69, 9.17) is 9.47 Å². The molecule has 2 aromatic rings. The normalized spacial score (nSPS) is 10.0. The van der Waals surface area contributed by atoms with Crippen molar-refractivity contribution >= 4 is 44.1 Å². The fourth-order valence-corrected chi connectivity index (χ4v) is 2.61. The summed E-state index contributed by atoms with van der Waals surface area (Å²) >= 11 is 6.57. The van der Waals surface area contributed by atoms with Gasteiger partial charge in [-0.3, -0.25) is 4.79 Å². The van der Waals surface area contributed by atoms with Gasteiger partial charge in [-0.05, 0) is 46.3 Å². The summed E-state index contributed by atoms with van der Waals surface area (Å²) in [7, 11) is 1.44. The predicted octanol–water partition coefficient (Wildman–Crippen LogP) is 4.25. The largest absolute Gasteiger partial charge is 0.493 e. The molecule has 0 heterocycles. The minimum Gasteiger partial charge on any atom is -0.493 e. The van der Waals surface area contributed by atoms with Crippen LogP contribution in [0.2, 0.25) is 0 Å². The first-order valence-electron chi connectivity index (χ1n) is 5.85. The third-order valence-corrected chi connectivity index (χ3v) is 3.73. The van der Waals surface area contributed by atoms with Gasteiger partial charge in [-0.2, -0.15) is 0 Å². The summed E-state index contributed by atoms with van der Waals surface area (Å²) in [6, 6.07) is 9.91. The van der Waals surface area contributed by atoms with Crippen LogP contribution in [-0.2, 0) is 0 Å². The van der Waals surface area contributed by atoms with Gasteiger partial charge >= 0.3 is 5.97 Å². The number of ether oxygens (including phenoxy) is 2. The second-order valence-corrected chi connectivity index (χ2v) is 5.82. The molecule has 4 nitrogen and oxygen atoms in total. The van der Waals surface area contributed by atoms with Gasteiger partial charge in [0.25, 0.3) is 0 Å². The van der Waals surface area contributed by atoms with Crippen molar-refractivity contribution in [2.75, 3.05) is 7.11 Å². The molecule has 21 heavy (non-hydrogen) atoms. The van der Waals surface area contributed by atoms with Crippen LogP contribution in [-0.4, -0.2) is 19.4 Å². The van der Waals surface area contributed by atoms with E-state index in [2.05, 4.69) is 31.9 Å². The Balaban J connectivity index is 2.35. The smallest absolute Gasteiger partial charge is 0.343 e. The molecule has 0 atom stereocenters. The lowest BCUT2D eigenvalue weighted by Gasteiger charge is -2.12. The van der Waals surface area contributed by atoms with Gasteiger partial charge in [0.1, 0.15) is 6.29 Å². The van der Waals surface area contributed by atoms with Crippen LogP contribution >= 0.6 is 31.9 Å². The van der Waals surface area contributed by atoms with Crippen LogP contribution in [0.1, 0.15) is 20.7 Å². The summed E-state index contributed by atoms with van der Waals surface area (Å²) in [5.41, 5.74) is 0.818. The lowest BCUT2D eigenvalue weighted by Crippen LogP contribution is -2.10. The number of aldehydes is 1. The van der Waals surface area contributed by atoms with E-state index < -0.39 is 5.97 Å². The van der Waals surface area contributed by atoms with Crippen molar-refractivity contribution in [1.29, 1.82) is 0 Å². The highest BCUT2D eigenvalue weighted by Gasteiger charge is 2.17. The van der Waals surface area contributed by atoms with Crippen LogP contribution in [0.5, 0.6) is 11.5 Å². The zero-order valence-corrected chi connectivity index (χ0v) is 14.1. The molecule has 0 aliphatic heterocycles. The molecule has 108 valence electrons. The van der Waals surface area contributed by atoms with Crippen molar-refractivity contribution in [3.05, 3.63) is 56.5 Å². The first-order valence-corrected chi connectivity index (χ1v) is 7.44. The maximum Gasteiger partial charge on any atom is 0.343 e. The SMILES string of the molecule is COc1cc(C=O)cc(Br)c1OC(=O)c1cccc(Br)c1. The zero-order valence-electron chi connectivity index (χ0n) is 10.9. The van der Waals surface area contributed by atoms with Crippen LogP contribution in [0.15, 0.2) is 45.3 Å². The molecule has 2 rings (SSSR count). The van der Waals surface area contributed by atoms with Crippen molar-refractivity contribution in [3.8, 4) is 11.5 Å². The number of methoxy groups -OCH3 is 1. The number of carbonyl (C=O) groups excluding carboxylic acids is 2. The van der Waals surface area contributed by atoms with Crippen molar-refractivity contribution in [2.45, 2.75) is 0 Å². The Morgan fingerprint density at radius 2 is 1.95 bits per heavy atom. The van der Waals surface area contributed by atoms with E-state index in [1.807, 2.05) is 6.07 Å². The molecule has 0 N–H and O–H groups in total. The van der Waals surface area contributed by atoms with Crippen LogP contribution in [0.4, 0.5) is 0 Å². The third-order valence-electron chi connectivity index (χ3n) is 2.64. The average molecular weight is 414 g/mol. The van der Waals surface area contributed by atoms with Gasteiger partial charge in [-0.15, -0.1) is 0 Å². The molecule has 0 aliphatic carbocycles. The Morgan fingerprint density at radius 1 is 1.19 bits per heavy atom. The zero-order chi connectivity index (χ0) is 15.4. The summed E-state index contributed by atoms with van der Waals surface area (Å²) in [4.78, 5) is 23.0. The summed E-state index contributed by atoms with van der Waals surface area (Å²) in [5, 5.41) is 0. The van der Waals surface area contributed by atoms with Gasteiger partial charge in [0.15, 0.2) is 11.5 Å². The molecule has 0 fully saturated rings. The third kappa shape index (κ3) is 3.71. The number of esters is 1. The number of halogens is 2. The van der Waals surface area contributed by atoms with Crippen LogP contribution in [0.3, 0.4) is 0 Å². The van der Waals surface area contributed by atoms with Gasteiger partial charge in [-0.1, -0.05) is 22.0 Å². The van der Waals surface area contributed by atoms with Crippen molar-refractivity contribution < 1.29 is 19.1 Å². The van der Waals surface area contributed by atoms with Crippen LogP contribution < -0.4 is 9.47 Å². The van der Waals surface area contributed by atoms with Crippen molar-refractivity contribution in [3.63, 3.8) is 0 Å². The Bertz CT molecular complexity index is 698. The molecule has 0 saturated carbocycles.